The molecule has 238 valence electrons. The normalized spacial score (nSPS) is 35.9. The molecule has 3 aliphatic heterocycles. The molecule has 11 atom stereocenters. The molecule has 43 heavy (non-hydrogen) atoms. The molecule has 2 fully saturated rings. The van der Waals surface area contributed by atoms with Gasteiger partial charge < -0.3 is 68.9 Å². The molecule has 14 heteroatoms. The summed E-state index contributed by atoms with van der Waals surface area (Å²) in [6.45, 7) is 1.05. The fraction of sp³-hybridized carbons (Fsp3) is 0.586. The summed E-state index contributed by atoms with van der Waals surface area (Å²) in [5, 5.41) is 72.4. The van der Waals surface area contributed by atoms with Gasteiger partial charge in [0.25, 0.3) is 0 Å². The molecule has 0 unspecified atom stereocenters. The Labute approximate surface area is 247 Å². The van der Waals surface area contributed by atoms with Crippen LogP contribution in [-0.2, 0) is 20.6 Å². The Kier molecular flexibility index (Phi) is 9.51. The van der Waals surface area contributed by atoms with Gasteiger partial charge in [0, 0.05) is 17.7 Å². The van der Waals surface area contributed by atoms with E-state index in [1.807, 2.05) is 12.1 Å². The Balaban J connectivity index is 1.28. The highest BCUT2D eigenvalue weighted by molar-refractivity contribution is 5.52. The topological polar surface area (TPSA) is 206 Å². The number of fused-ring (bicyclic) bond motifs is 1. The zero-order valence-electron chi connectivity index (χ0n) is 23.8. The molecule has 2 aromatic rings. The number of hydrogen-bond acceptors (Lipinski definition) is 14. The molecule has 3 heterocycles. The zero-order chi connectivity index (χ0) is 31.0. The lowest BCUT2D eigenvalue weighted by Gasteiger charge is -2.42. The van der Waals surface area contributed by atoms with Crippen LogP contribution in [0.3, 0.4) is 0 Å². The molecule has 0 spiro atoms. The van der Waals surface area contributed by atoms with Gasteiger partial charge in [0.05, 0.1) is 26.9 Å². The van der Waals surface area contributed by atoms with Crippen LogP contribution in [-0.4, -0.2) is 118 Å². The Morgan fingerprint density at radius 1 is 0.791 bits per heavy atom. The van der Waals surface area contributed by atoms with Crippen molar-refractivity contribution in [3.63, 3.8) is 0 Å². The van der Waals surface area contributed by atoms with Crippen molar-refractivity contribution in [2.75, 3.05) is 20.8 Å². The van der Waals surface area contributed by atoms with Gasteiger partial charge >= 0.3 is 0 Å². The number of benzene rings is 2. The second-order valence-electron chi connectivity index (χ2n) is 10.8. The van der Waals surface area contributed by atoms with Crippen LogP contribution >= 0.6 is 0 Å². The van der Waals surface area contributed by atoms with Crippen molar-refractivity contribution in [1.29, 1.82) is 0 Å². The van der Waals surface area contributed by atoms with E-state index in [4.69, 9.17) is 33.2 Å². The van der Waals surface area contributed by atoms with E-state index in [9.17, 15) is 35.7 Å². The highest BCUT2D eigenvalue weighted by atomic mass is 16.7. The van der Waals surface area contributed by atoms with E-state index in [0.717, 1.165) is 5.56 Å². The molecule has 0 saturated carbocycles. The van der Waals surface area contributed by atoms with E-state index >= 15 is 0 Å². The van der Waals surface area contributed by atoms with Gasteiger partial charge in [-0.3, -0.25) is 0 Å². The van der Waals surface area contributed by atoms with E-state index in [2.05, 4.69) is 0 Å². The number of methoxy groups -OCH3 is 2. The maximum Gasteiger partial charge on any atom is 0.229 e. The fourth-order valence-electron chi connectivity index (χ4n) is 5.43. The second kappa shape index (κ2) is 13.0. The van der Waals surface area contributed by atoms with Crippen molar-refractivity contribution in [3.05, 3.63) is 41.5 Å². The molecule has 0 bridgehead atoms. The van der Waals surface area contributed by atoms with Crippen LogP contribution in [0.2, 0.25) is 0 Å². The molecule has 5 rings (SSSR count). The minimum Gasteiger partial charge on any atom is -0.507 e. The summed E-state index contributed by atoms with van der Waals surface area (Å²) in [6.07, 6.45) is -13.7. The highest BCUT2D eigenvalue weighted by Gasteiger charge is 2.47. The van der Waals surface area contributed by atoms with Gasteiger partial charge in [-0.05, 0) is 37.5 Å². The number of aromatic hydroxyl groups is 1. The summed E-state index contributed by atoms with van der Waals surface area (Å²) in [5.41, 5.74) is 1.41. The maximum atomic E-state index is 10.7. The van der Waals surface area contributed by atoms with E-state index in [0.29, 0.717) is 35.7 Å². The van der Waals surface area contributed by atoms with Crippen LogP contribution in [0.15, 0.2) is 30.3 Å². The van der Waals surface area contributed by atoms with Crippen molar-refractivity contribution in [1.82, 2.24) is 0 Å². The van der Waals surface area contributed by atoms with Crippen LogP contribution in [0.1, 0.15) is 30.6 Å². The first-order valence-electron chi connectivity index (χ1n) is 13.9. The lowest BCUT2D eigenvalue weighted by molar-refractivity contribution is -0.318. The largest absolute Gasteiger partial charge is 0.507 e. The maximum absolute atomic E-state index is 10.7. The summed E-state index contributed by atoms with van der Waals surface area (Å²) >= 11 is 0. The summed E-state index contributed by atoms with van der Waals surface area (Å²) < 4.78 is 39.3. The number of aliphatic hydroxyl groups is 6. The molecule has 0 aliphatic carbocycles. The average Bonchev–Trinajstić information content (AvgIpc) is 3.01. The minimum atomic E-state index is -1.70. The number of hydrogen-bond donors (Lipinski definition) is 7. The number of aliphatic hydroxyl groups excluding tert-OH is 6. The lowest BCUT2D eigenvalue weighted by Crippen LogP contribution is -2.61. The molecular weight excluding hydrogens is 572 g/mol. The third-order valence-electron chi connectivity index (χ3n) is 8.02. The van der Waals surface area contributed by atoms with Crippen molar-refractivity contribution >= 4 is 0 Å². The van der Waals surface area contributed by atoms with Crippen LogP contribution in [0.5, 0.6) is 28.7 Å². The van der Waals surface area contributed by atoms with Crippen LogP contribution in [0.4, 0.5) is 0 Å². The van der Waals surface area contributed by atoms with Crippen molar-refractivity contribution in [2.24, 2.45) is 0 Å². The number of rotatable bonds is 8. The molecule has 7 N–H and O–H groups in total. The number of phenols is 1. The Morgan fingerprint density at radius 2 is 1.49 bits per heavy atom. The average molecular weight is 611 g/mol. The molecule has 2 saturated heterocycles. The molecule has 0 radical (unpaired) electrons. The fourth-order valence-corrected chi connectivity index (χ4v) is 5.43. The van der Waals surface area contributed by atoms with Gasteiger partial charge in [-0.1, -0.05) is 6.07 Å². The van der Waals surface area contributed by atoms with Crippen LogP contribution in [0, 0.1) is 0 Å². The molecule has 0 aromatic heterocycles. The monoisotopic (exact) mass is 610 g/mol. The van der Waals surface area contributed by atoms with Crippen LogP contribution in [0.25, 0.3) is 0 Å². The third-order valence-corrected chi connectivity index (χ3v) is 8.02. The van der Waals surface area contributed by atoms with Gasteiger partial charge in [-0.15, -0.1) is 0 Å². The Morgan fingerprint density at radius 3 is 2.21 bits per heavy atom. The van der Waals surface area contributed by atoms with Crippen LogP contribution < -0.4 is 18.9 Å². The number of ether oxygens (including phenoxy) is 7. The van der Waals surface area contributed by atoms with Gasteiger partial charge in [0.1, 0.15) is 66.1 Å². The van der Waals surface area contributed by atoms with E-state index in [1.54, 1.807) is 13.2 Å². The van der Waals surface area contributed by atoms with Crippen molar-refractivity contribution < 1.29 is 68.9 Å². The van der Waals surface area contributed by atoms with Crippen molar-refractivity contribution in [3.8, 4) is 28.7 Å². The van der Waals surface area contributed by atoms with Gasteiger partial charge in [-0.2, -0.15) is 0 Å². The van der Waals surface area contributed by atoms with E-state index in [-0.39, 0.29) is 17.6 Å². The summed E-state index contributed by atoms with van der Waals surface area (Å²) in [6, 6.07) is 8.31. The molecule has 0 amide bonds. The van der Waals surface area contributed by atoms with Gasteiger partial charge in [0.2, 0.25) is 6.29 Å². The Hall–Kier alpha value is -2.92. The molecule has 2 aromatic carbocycles. The second-order valence-corrected chi connectivity index (χ2v) is 10.8. The quantitative estimate of drug-likeness (QED) is 0.201. The SMILES string of the molecule is COc1ccc([C@H]2CCc3c(O)cc(O[C@@H]4O[C@H](CO[C@@H]5O[C@@H](C)[C@H](O)[C@@H](O)[C@H]5O)[C@@H](O)[C@H](O)[C@H]4O)cc3O2)cc1OC. The lowest BCUT2D eigenvalue weighted by atomic mass is 9.96. The first-order valence-corrected chi connectivity index (χ1v) is 13.9. The first kappa shape index (κ1) is 31.5. The first-order chi connectivity index (χ1) is 20.5. The highest BCUT2D eigenvalue weighted by Crippen LogP contribution is 2.43. The van der Waals surface area contributed by atoms with E-state index < -0.39 is 68.0 Å². The standard InChI is InChI=1S/C29H38O14/c1-12-22(31)24(33)26(35)28(40-12)39-11-21-23(32)25(34)27(36)29(43-21)41-14-9-16(30)15-5-7-17(42-19(15)10-14)13-4-6-18(37-2)20(8-13)38-3/h4,6,8-10,12,17,21-36H,5,7,11H2,1-3H3/t12-,17+,21+,22-,23+,24+,25-,26+,27+,28+,29+/m0/s1. The predicted molar refractivity (Wildman–Crippen MR) is 145 cm³/mol. The predicted octanol–water partition coefficient (Wildman–Crippen LogP) is -0.494. The smallest absolute Gasteiger partial charge is 0.229 e. The molecule has 3 aliphatic rings. The molecule has 14 nitrogen and oxygen atoms in total. The zero-order valence-corrected chi connectivity index (χ0v) is 23.8. The summed E-state index contributed by atoms with van der Waals surface area (Å²) in [4.78, 5) is 0. The summed E-state index contributed by atoms with van der Waals surface area (Å²) in [7, 11) is 3.09. The van der Waals surface area contributed by atoms with E-state index in [1.165, 1.54) is 26.2 Å². The third kappa shape index (κ3) is 6.34. The minimum absolute atomic E-state index is 0.0634. The number of phenolic OH excluding ortho intramolecular Hbond substituents is 1. The van der Waals surface area contributed by atoms with Crippen molar-refractivity contribution in [2.45, 2.75) is 87.3 Å². The Bertz CT molecular complexity index is 1260. The van der Waals surface area contributed by atoms with Gasteiger partial charge in [-0.25, -0.2) is 0 Å². The molecular formula is C29H38O14. The summed E-state index contributed by atoms with van der Waals surface area (Å²) in [5.74, 6) is 1.44. The van der Waals surface area contributed by atoms with Gasteiger partial charge in [0.15, 0.2) is 17.8 Å².